The predicted molar refractivity (Wildman–Crippen MR) is 84.7 cm³/mol. The van der Waals surface area contributed by atoms with Crippen molar-refractivity contribution in [2.24, 2.45) is 0 Å². The highest BCUT2D eigenvalue weighted by Gasteiger charge is 2.31. The van der Waals surface area contributed by atoms with Crippen LogP contribution in [0.3, 0.4) is 0 Å². The second kappa shape index (κ2) is 7.29. The highest BCUT2D eigenvalue weighted by molar-refractivity contribution is 5.83. The minimum atomic E-state index is -0.0786. The molecule has 0 spiro atoms. The summed E-state index contributed by atoms with van der Waals surface area (Å²) in [5, 5.41) is 2.95. The van der Waals surface area contributed by atoms with Crippen LogP contribution in [0.15, 0.2) is 24.3 Å². The zero-order valence-electron chi connectivity index (χ0n) is 13.5. The van der Waals surface area contributed by atoms with E-state index in [-0.39, 0.29) is 23.9 Å². The third-order valence-electron chi connectivity index (χ3n) is 3.75. The molecule has 1 aromatic rings. The lowest BCUT2D eigenvalue weighted by molar-refractivity contribution is -0.129. The zero-order valence-corrected chi connectivity index (χ0v) is 13.5. The van der Waals surface area contributed by atoms with Gasteiger partial charge in [0, 0.05) is 19.0 Å². The van der Waals surface area contributed by atoms with Crippen molar-refractivity contribution < 1.29 is 14.3 Å². The van der Waals surface area contributed by atoms with Crippen LogP contribution in [0, 0.1) is 0 Å². The average molecular weight is 304 g/mol. The maximum absolute atomic E-state index is 12.1. The molecule has 1 fully saturated rings. The normalized spacial score (nSPS) is 17.9. The Hall–Kier alpha value is -2.04. The minimum absolute atomic E-state index is 0.0485. The van der Waals surface area contributed by atoms with Gasteiger partial charge >= 0.3 is 0 Å². The number of rotatable bonds is 6. The van der Waals surface area contributed by atoms with E-state index < -0.39 is 0 Å². The molecule has 0 aromatic heterocycles. The molecule has 1 aromatic carbocycles. The van der Waals surface area contributed by atoms with Crippen LogP contribution in [-0.2, 0) is 16.0 Å². The van der Waals surface area contributed by atoms with Crippen molar-refractivity contribution in [1.29, 1.82) is 0 Å². The van der Waals surface area contributed by atoms with Gasteiger partial charge < -0.3 is 15.0 Å². The van der Waals surface area contributed by atoms with Crippen LogP contribution in [0.2, 0.25) is 0 Å². The first-order chi connectivity index (χ1) is 10.5. The summed E-state index contributed by atoms with van der Waals surface area (Å²) >= 11 is 0. The van der Waals surface area contributed by atoms with Crippen molar-refractivity contribution in [2.45, 2.75) is 45.7 Å². The predicted octanol–water partition coefficient (Wildman–Crippen LogP) is 1.75. The molecule has 5 heteroatoms. The third kappa shape index (κ3) is 4.23. The molecule has 1 aliphatic heterocycles. The first-order valence-electron chi connectivity index (χ1n) is 7.80. The number of ether oxygens (including phenoxy) is 1. The van der Waals surface area contributed by atoms with E-state index in [4.69, 9.17) is 4.74 Å². The minimum Gasteiger partial charge on any atom is -0.494 e. The van der Waals surface area contributed by atoms with Gasteiger partial charge in [0.15, 0.2) is 0 Å². The van der Waals surface area contributed by atoms with E-state index in [2.05, 4.69) is 5.32 Å². The smallest absolute Gasteiger partial charge is 0.225 e. The van der Waals surface area contributed by atoms with Crippen LogP contribution in [0.1, 0.15) is 32.8 Å². The van der Waals surface area contributed by atoms with E-state index in [1.165, 1.54) is 0 Å². The number of nitrogens with one attached hydrogen (secondary N) is 1. The lowest BCUT2D eigenvalue weighted by atomic mass is 10.1. The summed E-state index contributed by atoms with van der Waals surface area (Å²) in [5.41, 5.74) is 0.936. The molecule has 0 saturated carbocycles. The maximum Gasteiger partial charge on any atom is 0.225 e. The highest BCUT2D eigenvalue weighted by atomic mass is 16.5. The fourth-order valence-corrected chi connectivity index (χ4v) is 2.66. The van der Waals surface area contributed by atoms with Gasteiger partial charge in [-0.1, -0.05) is 12.1 Å². The van der Waals surface area contributed by atoms with Crippen molar-refractivity contribution in [2.75, 3.05) is 13.2 Å². The van der Waals surface area contributed by atoms with E-state index >= 15 is 0 Å². The van der Waals surface area contributed by atoms with Crippen molar-refractivity contribution >= 4 is 11.8 Å². The van der Waals surface area contributed by atoms with E-state index in [1.54, 1.807) is 0 Å². The Kier molecular flexibility index (Phi) is 5.41. The Bertz CT molecular complexity index is 525. The molecule has 2 rings (SSSR count). The van der Waals surface area contributed by atoms with Gasteiger partial charge in [0.05, 0.1) is 19.1 Å². The second-order valence-corrected chi connectivity index (χ2v) is 5.86. The summed E-state index contributed by atoms with van der Waals surface area (Å²) in [5.74, 6) is 0.870. The van der Waals surface area contributed by atoms with Gasteiger partial charge in [0.2, 0.25) is 11.8 Å². The van der Waals surface area contributed by atoms with Crippen molar-refractivity contribution in [3.63, 3.8) is 0 Å². The molecule has 0 aliphatic carbocycles. The first kappa shape index (κ1) is 16.3. The number of hydrogen-bond donors (Lipinski definition) is 1. The molecule has 1 heterocycles. The standard InChI is InChI=1S/C17H24N2O3/c1-4-22-15-7-5-13(6-8-15)9-16(20)18-14-10-17(21)19(11-14)12(2)3/h5-8,12,14H,4,9-11H2,1-3H3,(H,18,20). The van der Waals surface area contributed by atoms with Gasteiger partial charge in [-0.15, -0.1) is 0 Å². The third-order valence-corrected chi connectivity index (χ3v) is 3.75. The quantitative estimate of drug-likeness (QED) is 0.871. The molecule has 1 saturated heterocycles. The molecule has 0 radical (unpaired) electrons. The van der Waals surface area contributed by atoms with Crippen LogP contribution in [0.5, 0.6) is 5.75 Å². The van der Waals surface area contributed by atoms with Gasteiger partial charge in [-0.3, -0.25) is 9.59 Å². The summed E-state index contributed by atoms with van der Waals surface area (Å²) in [4.78, 5) is 25.7. The number of hydrogen-bond acceptors (Lipinski definition) is 3. The Morgan fingerprint density at radius 2 is 2.05 bits per heavy atom. The Labute approximate surface area is 131 Å². The fraction of sp³-hybridized carbons (Fsp3) is 0.529. The molecule has 22 heavy (non-hydrogen) atoms. The van der Waals surface area contributed by atoms with Gasteiger partial charge in [-0.05, 0) is 38.5 Å². The summed E-state index contributed by atoms with van der Waals surface area (Å²) in [6.07, 6.45) is 0.714. The Morgan fingerprint density at radius 1 is 1.36 bits per heavy atom. The highest BCUT2D eigenvalue weighted by Crippen LogP contribution is 2.15. The van der Waals surface area contributed by atoms with E-state index in [0.29, 0.717) is 26.0 Å². The van der Waals surface area contributed by atoms with Crippen LogP contribution >= 0.6 is 0 Å². The Morgan fingerprint density at radius 3 is 2.59 bits per heavy atom. The molecule has 1 atom stereocenters. The van der Waals surface area contributed by atoms with Crippen LogP contribution in [0.4, 0.5) is 0 Å². The van der Waals surface area contributed by atoms with Crippen LogP contribution < -0.4 is 10.1 Å². The number of carbonyl (C=O) groups excluding carboxylic acids is 2. The Balaban J connectivity index is 1.84. The van der Waals surface area contributed by atoms with Crippen LogP contribution in [0.25, 0.3) is 0 Å². The van der Waals surface area contributed by atoms with Crippen LogP contribution in [-0.4, -0.2) is 41.9 Å². The number of carbonyl (C=O) groups is 2. The van der Waals surface area contributed by atoms with Gasteiger partial charge in [0.1, 0.15) is 5.75 Å². The molecule has 0 bridgehead atoms. The lowest BCUT2D eigenvalue weighted by Gasteiger charge is -2.21. The largest absolute Gasteiger partial charge is 0.494 e. The summed E-state index contributed by atoms with van der Waals surface area (Å²) in [6.45, 7) is 7.14. The molecular formula is C17H24N2O3. The lowest BCUT2D eigenvalue weighted by Crippen LogP contribution is -2.39. The van der Waals surface area contributed by atoms with Gasteiger partial charge in [0.25, 0.3) is 0 Å². The maximum atomic E-state index is 12.1. The van der Waals surface area contributed by atoms with E-state index in [9.17, 15) is 9.59 Å². The van der Waals surface area contributed by atoms with Gasteiger partial charge in [-0.25, -0.2) is 0 Å². The topological polar surface area (TPSA) is 58.6 Å². The second-order valence-electron chi connectivity index (χ2n) is 5.86. The molecule has 1 N–H and O–H groups in total. The number of nitrogens with zero attached hydrogens (tertiary/aromatic N) is 1. The summed E-state index contributed by atoms with van der Waals surface area (Å²) in [7, 11) is 0. The molecular weight excluding hydrogens is 280 g/mol. The molecule has 1 aliphatic rings. The zero-order chi connectivity index (χ0) is 16.1. The van der Waals surface area contributed by atoms with Gasteiger partial charge in [-0.2, -0.15) is 0 Å². The van der Waals surface area contributed by atoms with Crippen molar-refractivity contribution in [1.82, 2.24) is 10.2 Å². The van der Waals surface area contributed by atoms with E-state index in [0.717, 1.165) is 11.3 Å². The van der Waals surface area contributed by atoms with Crippen molar-refractivity contribution in [3.8, 4) is 5.75 Å². The first-order valence-corrected chi connectivity index (χ1v) is 7.80. The molecule has 5 nitrogen and oxygen atoms in total. The monoisotopic (exact) mass is 304 g/mol. The fourth-order valence-electron chi connectivity index (χ4n) is 2.66. The SMILES string of the molecule is CCOc1ccc(CC(=O)NC2CC(=O)N(C(C)C)C2)cc1. The number of amides is 2. The molecule has 2 amide bonds. The molecule has 1 unspecified atom stereocenters. The number of likely N-dealkylation sites (tertiary alicyclic amines) is 1. The summed E-state index contributed by atoms with van der Waals surface area (Å²) in [6, 6.07) is 7.62. The van der Waals surface area contributed by atoms with Crippen molar-refractivity contribution in [3.05, 3.63) is 29.8 Å². The summed E-state index contributed by atoms with van der Waals surface area (Å²) < 4.78 is 5.38. The number of benzene rings is 1. The van der Waals surface area contributed by atoms with E-state index in [1.807, 2.05) is 49.9 Å². The molecule has 120 valence electrons. The average Bonchev–Trinajstić information content (AvgIpc) is 2.82.